The number of piperidine rings is 1. The van der Waals surface area contributed by atoms with Gasteiger partial charge in [0.1, 0.15) is 5.75 Å². The molecule has 7 nitrogen and oxygen atoms in total. The maximum absolute atomic E-state index is 13.6. The Balaban J connectivity index is 1.19. The normalized spacial score (nSPS) is 16.8. The van der Waals surface area contributed by atoms with Gasteiger partial charge in [-0.1, -0.05) is 12.1 Å². The zero-order valence-electron chi connectivity index (χ0n) is 22.1. The van der Waals surface area contributed by atoms with Gasteiger partial charge < -0.3 is 19.1 Å². The highest BCUT2D eigenvalue weighted by Gasteiger charge is 2.43. The molecule has 2 aliphatic heterocycles. The first-order valence-electron chi connectivity index (χ1n) is 13.1. The number of nitrogens with zero attached hydrogens (tertiary/aromatic N) is 4. The molecule has 7 heteroatoms. The molecule has 2 amide bonds. The lowest BCUT2D eigenvalue weighted by molar-refractivity contribution is -0.132. The van der Waals surface area contributed by atoms with Gasteiger partial charge in [0.25, 0.3) is 5.91 Å². The Morgan fingerprint density at radius 1 is 0.946 bits per heavy atom. The van der Waals surface area contributed by atoms with Gasteiger partial charge in [0, 0.05) is 56.5 Å². The summed E-state index contributed by atoms with van der Waals surface area (Å²) < 4.78 is 7.50. The third-order valence-corrected chi connectivity index (χ3v) is 8.29. The van der Waals surface area contributed by atoms with Crippen LogP contribution in [0.25, 0.3) is 0 Å². The molecule has 0 atom stereocenters. The lowest BCUT2D eigenvalue weighted by Gasteiger charge is -2.39. The highest BCUT2D eigenvalue weighted by Crippen LogP contribution is 2.41. The van der Waals surface area contributed by atoms with Gasteiger partial charge in [-0.2, -0.15) is 0 Å². The van der Waals surface area contributed by atoms with Crippen molar-refractivity contribution in [2.24, 2.45) is 5.41 Å². The number of pyridine rings is 1. The molecule has 0 aliphatic carbocycles. The van der Waals surface area contributed by atoms with Crippen LogP contribution in [0.5, 0.6) is 5.75 Å². The Kier molecular flexibility index (Phi) is 7.04. The number of ether oxygens (including phenoxy) is 1. The molecule has 3 aromatic rings. The highest BCUT2D eigenvalue weighted by atomic mass is 16.5. The molecule has 0 bridgehead atoms. The van der Waals surface area contributed by atoms with Crippen LogP contribution < -0.4 is 4.74 Å². The van der Waals surface area contributed by atoms with E-state index in [1.54, 1.807) is 19.5 Å². The predicted molar refractivity (Wildman–Crippen MR) is 143 cm³/mol. The van der Waals surface area contributed by atoms with Crippen molar-refractivity contribution in [3.05, 3.63) is 82.9 Å². The van der Waals surface area contributed by atoms with Crippen LogP contribution in [0.1, 0.15) is 52.1 Å². The van der Waals surface area contributed by atoms with Gasteiger partial charge in [0.15, 0.2) is 0 Å². The fraction of sp³-hybridized carbons (Fsp3) is 0.433. The van der Waals surface area contributed by atoms with Crippen molar-refractivity contribution >= 4 is 11.8 Å². The molecular weight excluding hydrogens is 464 g/mol. The van der Waals surface area contributed by atoms with Crippen molar-refractivity contribution in [1.29, 1.82) is 0 Å². The van der Waals surface area contributed by atoms with Crippen LogP contribution in [-0.2, 0) is 17.8 Å². The van der Waals surface area contributed by atoms with E-state index < -0.39 is 0 Å². The number of likely N-dealkylation sites (tertiary alicyclic amines) is 2. The molecule has 194 valence electrons. The van der Waals surface area contributed by atoms with E-state index in [2.05, 4.69) is 16.5 Å². The molecule has 4 heterocycles. The molecule has 1 aromatic carbocycles. The van der Waals surface area contributed by atoms with Crippen LogP contribution in [0.4, 0.5) is 0 Å². The molecule has 5 rings (SSSR count). The van der Waals surface area contributed by atoms with Crippen LogP contribution in [0, 0.1) is 19.3 Å². The summed E-state index contributed by atoms with van der Waals surface area (Å²) in [6, 6.07) is 13.8. The Labute approximate surface area is 219 Å². The number of rotatable bonds is 6. The number of aromatic nitrogens is 2. The molecule has 2 aromatic heterocycles. The quantitative estimate of drug-likeness (QED) is 0.507. The first kappa shape index (κ1) is 25.1. The maximum atomic E-state index is 13.6. The van der Waals surface area contributed by atoms with Crippen molar-refractivity contribution in [2.45, 2.75) is 46.1 Å². The standard InChI is InChI=1S/C30H36N4O3/c1-22-17-27(23(2)34(22)20-24-7-12-31-13-8-24)29(36)33-16-11-30(21-33)9-14-32(15-10-30)28(35)19-25-5-4-6-26(18-25)37-3/h4-8,12-13,17-18H,9-11,14-16,19-21H2,1-3H3. The van der Waals surface area contributed by atoms with Gasteiger partial charge in [0.2, 0.25) is 5.91 Å². The summed E-state index contributed by atoms with van der Waals surface area (Å²) in [5.41, 5.74) is 5.17. The minimum absolute atomic E-state index is 0.116. The minimum atomic E-state index is 0.116. The first-order valence-corrected chi connectivity index (χ1v) is 13.1. The molecule has 0 N–H and O–H groups in total. The van der Waals surface area contributed by atoms with Crippen molar-refractivity contribution < 1.29 is 14.3 Å². The Bertz CT molecular complexity index is 1280. The van der Waals surface area contributed by atoms with E-state index in [0.29, 0.717) is 6.42 Å². The van der Waals surface area contributed by atoms with Gasteiger partial charge in [-0.05, 0) is 80.0 Å². The Morgan fingerprint density at radius 3 is 2.35 bits per heavy atom. The van der Waals surface area contributed by atoms with Crippen LogP contribution in [0.3, 0.4) is 0 Å². The van der Waals surface area contributed by atoms with E-state index in [9.17, 15) is 9.59 Å². The van der Waals surface area contributed by atoms with E-state index in [0.717, 1.165) is 80.3 Å². The summed E-state index contributed by atoms with van der Waals surface area (Å²) in [5, 5.41) is 0. The smallest absolute Gasteiger partial charge is 0.255 e. The number of methoxy groups -OCH3 is 1. The van der Waals surface area contributed by atoms with Gasteiger partial charge in [-0.25, -0.2) is 0 Å². The summed E-state index contributed by atoms with van der Waals surface area (Å²) in [6.07, 6.45) is 6.90. The third-order valence-electron chi connectivity index (χ3n) is 8.29. The fourth-order valence-electron chi connectivity index (χ4n) is 5.92. The lowest BCUT2D eigenvalue weighted by Crippen LogP contribution is -2.45. The average Bonchev–Trinajstić information content (AvgIpc) is 3.45. The minimum Gasteiger partial charge on any atom is -0.497 e. The second kappa shape index (κ2) is 10.4. The number of aryl methyl sites for hydroxylation is 1. The molecule has 37 heavy (non-hydrogen) atoms. The molecule has 0 radical (unpaired) electrons. The van der Waals surface area contributed by atoms with E-state index in [4.69, 9.17) is 4.74 Å². The highest BCUT2D eigenvalue weighted by molar-refractivity contribution is 5.96. The zero-order valence-corrected chi connectivity index (χ0v) is 22.1. The van der Waals surface area contributed by atoms with Gasteiger partial charge in [-0.15, -0.1) is 0 Å². The maximum Gasteiger partial charge on any atom is 0.255 e. The number of benzene rings is 1. The van der Waals surface area contributed by atoms with Crippen molar-refractivity contribution in [1.82, 2.24) is 19.4 Å². The number of hydrogen-bond acceptors (Lipinski definition) is 4. The van der Waals surface area contributed by atoms with Gasteiger partial charge in [0.05, 0.1) is 19.1 Å². The van der Waals surface area contributed by atoms with E-state index in [1.807, 2.05) is 59.2 Å². The predicted octanol–water partition coefficient (Wildman–Crippen LogP) is 4.25. The molecule has 1 spiro atoms. The van der Waals surface area contributed by atoms with Crippen LogP contribution in [0.2, 0.25) is 0 Å². The summed E-state index contributed by atoms with van der Waals surface area (Å²) in [7, 11) is 1.64. The van der Waals surface area contributed by atoms with Crippen molar-refractivity contribution in [3.63, 3.8) is 0 Å². The number of carbonyl (C=O) groups is 2. The summed E-state index contributed by atoms with van der Waals surface area (Å²) in [6.45, 7) is 7.91. The summed E-state index contributed by atoms with van der Waals surface area (Å²) >= 11 is 0. The SMILES string of the molecule is COc1cccc(CC(=O)N2CCC3(CC2)CCN(C(=O)c2cc(C)n(Cc4ccncc4)c2C)C3)c1. The van der Waals surface area contributed by atoms with Crippen molar-refractivity contribution in [3.8, 4) is 5.75 Å². The molecule has 0 unspecified atom stereocenters. The molecule has 2 aliphatic rings. The first-order chi connectivity index (χ1) is 17.9. The topological polar surface area (TPSA) is 67.7 Å². The molecular formula is C30H36N4O3. The second-order valence-electron chi connectivity index (χ2n) is 10.6. The number of amides is 2. The molecule has 2 fully saturated rings. The van der Waals surface area contributed by atoms with Crippen LogP contribution >= 0.6 is 0 Å². The van der Waals surface area contributed by atoms with E-state index >= 15 is 0 Å². The Morgan fingerprint density at radius 2 is 1.65 bits per heavy atom. The van der Waals surface area contributed by atoms with Crippen LogP contribution in [0.15, 0.2) is 54.9 Å². The second-order valence-corrected chi connectivity index (χ2v) is 10.6. The number of hydrogen-bond donors (Lipinski definition) is 0. The zero-order chi connectivity index (χ0) is 26.0. The molecule has 2 saturated heterocycles. The monoisotopic (exact) mass is 500 g/mol. The largest absolute Gasteiger partial charge is 0.497 e. The van der Waals surface area contributed by atoms with Crippen molar-refractivity contribution in [2.75, 3.05) is 33.3 Å². The summed E-state index contributed by atoms with van der Waals surface area (Å²) in [5.74, 6) is 1.06. The fourth-order valence-corrected chi connectivity index (χ4v) is 5.92. The number of carbonyl (C=O) groups excluding carboxylic acids is 2. The Hall–Kier alpha value is -3.61. The summed E-state index contributed by atoms with van der Waals surface area (Å²) in [4.78, 5) is 34.6. The van der Waals surface area contributed by atoms with E-state index in [1.165, 1.54) is 5.56 Å². The molecule has 0 saturated carbocycles. The lowest BCUT2D eigenvalue weighted by atomic mass is 9.77. The van der Waals surface area contributed by atoms with Gasteiger partial charge in [-0.3, -0.25) is 14.6 Å². The van der Waals surface area contributed by atoms with E-state index in [-0.39, 0.29) is 17.2 Å². The third kappa shape index (κ3) is 5.26. The van der Waals surface area contributed by atoms with Crippen LogP contribution in [-0.4, -0.2) is 64.5 Å². The van der Waals surface area contributed by atoms with Gasteiger partial charge >= 0.3 is 0 Å². The average molecular weight is 501 g/mol.